The Morgan fingerprint density at radius 3 is 2.71 bits per heavy atom. The summed E-state index contributed by atoms with van der Waals surface area (Å²) < 4.78 is 8.32. The van der Waals surface area contributed by atoms with E-state index >= 15 is 0 Å². The lowest BCUT2D eigenvalue weighted by molar-refractivity contribution is 0.673. The Balaban J connectivity index is 2.03. The summed E-state index contributed by atoms with van der Waals surface area (Å²) in [7, 11) is 0. The van der Waals surface area contributed by atoms with E-state index in [2.05, 4.69) is 38.6 Å². The Kier molecular flexibility index (Phi) is 2.07. The quantitative estimate of drug-likeness (QED) is 0.373. The molecule has 0 aliphatic heterocycles. The molecular weight excluding hydrogens is 298 g/mol. The second-order valence-corrected chi connectivity index (χ2v) is 5.96. The Labute approximate surface area is 136 Å². The Bertz CT molecular complexity index is 1410. The van der Waals surface area contributed by atoms with Gasteiger partial charge in [0.1, 0.15) is 16.7 Å². The standard InChI is InChI=1S/C20H11N3O/c1-2-6-16-12(4-1)13-7-8-15-17(19(13)24-16)14-5-3-9-21-18(14)20-22-10-11-23(15)20/h1-11H. The summed E-state index contributed by atoms with van der Waals surface area (Å²) in [5, 5.41) is 4.41. The highest BCUT2D eigenvalue weighted by Crippen LogP contribution is 2.37. The summed E-state index contributed by atoms with van der Waals surface area (Å²) in [6.07, 6.45) is 5.59. The first kappa shape index (κ1) is 12.1. The molecule has 4 nitrogen and oxygen atoms in total. The van der Waals surface area contributed by atoms with E-state index in [9.17, 15) is 0 Å². The molecule has 4 heteroatoms. The van der Waals surface area contributed by atoms with Gasteiger partial charge < -0.3 is 4.42 Å². The molecule has 0 aliphatic carbocycles. The zero-order chi connectivity index (χ0) is 15.7. The SMILES string of the molecule is c1ccc2c(c1)oc1c2ccc2c1c1cccnc1c1nccn21. The first-order valence-electron chi connectivity index (χ1n) is 7.85. The van der Waals surface area contributed by atoms with Crippen LogP contribution in [0.5, 0.6) is 0 Å². The van der Waals surface area contributed by atoms with Gasteiger partial charge in [-0.3, -0.25) is 9.38 Å². The third kappa shape index (κ3) is 1.34. The fourth-order valence-electron chi connectivity index (χ4n) is 3.70. The number of aromatic nitrogens is 3. The molecule has 112 valence electrons. The van der Waals surface area contributed by atoms with Crippen LogP contribution in [0.2, 0.25) is 0 Å². The number of imidazole rings is 1. The number of furan rings is 1. The number of rotatable bonds is 0. The van der Waals surface area contributed by atoms with Gasteiger partial charge in [0.2, 0.25) is 0 Å². The fourth-order valence-corrected chi connectivity index (χ4v) is 3.70. The predicted molar refractivity (Wildman–Crippen MR) is 95.3 cm³/mol. The highest BCUT2D eigenvalue weighted by atomic mass is 16.3. The van der Waals surface area contributed by atoms with Gasteiger partial charge in [0.15, 0.2) is 5.65 Å². The third-order valence-corrected chi connectivity index (χ3v) is 4.71. The lowest BCUT2D eigenvalue weighted by Crippen LogP contribution is -1.92. The predicted octanol–water partition coefficient (Wildman–Crippen LogP) is 4.94. The Morgan fingerprint density at radius 2 is 1.71 bits per heavy atom. The minimum Gasteiger partial charge on any atom is -0.455 e. The van der Waals surface area contributed by atoms with Gasteiger partial charge in [0.25, 0.3) is 0 Å². The number of hydrogen-bond donors (Lipinski definition) is 0. The third-order valence-electron chi connectivity index (χ3n) is 4.71. The monoisotopic (exact) mass is 309 g/mol. The summed E-state index contributed by atoms with van der Waals surface area (Å²) >= 11 is 0. The number of fused-ring (bicyclic) bond motifs is 10. The van der Waals surface area contributed by atoms with Crippen molar-refractivity contribution >= 4 is 49.4 Å². The molecule has 24 heavy (non-hydrogen) atoms. The zero-order valence-electron chi connectivity index (χ0n) is 12.6. The first-order valence-corrected chi connectivity index (χ1v) is 7.85. The summed E-state index contributed by atoms with van der Waals surface area (Å²) in [4.78, 5) is 9.06. The maximum Gasteiger partial charge on any atom is 0.163 e. The van der Waals surface area contributed by atoms with Crippen molar-refractivity contribution in [1.29, 1.82) is 0 Å². The molecule has 0 aliphatic rings. The van der Waals surface area contributed by atoms with Gasteiger partial charge in [0.05, 0.1) is 10.9 Å². The van der Waals surface area contributed by atoms with Gasteiger partial charge in [-0.15, -0.1) is 0 Å². The zero-order valence-corrected chi connectivity index (χ0v) is 12.6. The molecule has 0 saturated carbocycles. The van der Waals surface area contributed by atoms with Crippen LogP contribution in [0.15, 0.2) is 71.5 Å². The molecule has 0 saturated heterocycles. The molecule has 0 fully saturated rings. The van der Waals surface area contributed by atoms with Crippen LogP contribution in [-0.4, -0.2) is 14.4 Å². The number of benzene rings is 2. The highest BCUT2D eigenvalue weighted by molar-refractivity contribution is 6.23. The van der Waals surface area contributed by atoms with E-state index in [1.165, 1.54) is 0 Å². The van der Waals surface area contributed by atoms with E-state index in [1.807, 2.05) is 42.9 Å². The van der Waals surface area contributed by atoms with Gasteiger partial charge in [-0.2, -0.15) is 0 Å². The largest absolute Gasteiger partial charge is 0.455 e. The number of pyridine rings is 2. The normalized spacial score (nSPS) is 12.2. The molecule has 0 amide bonds. The van der Waals surface area contributed by atoms with Crippen LogP contribution in [0, 0.1) is 0 Å². The van der Waals surface area contributed by atoms with Crippen molar-refractivity contribution in [3.8, 4) is 0 Å². The Hall–Kier alpha value is -3.40. The average molecular weight is 309 g/mol. The van der Waals surface area contributed by atoms with Crippen molar-refractivity contribution in [3.63, 3.8) is 0 Å². The second-order valence-electron chi connectivity index (χ2n) is 5.96. The Morgan fingerprint density at radius 1 is 0.792 bits per heavy atom. The number of nitrogens with zero attached hydrogens (tertiary/aromatic N) is 3. The van der Waals surface area contributed by atoms with Crippen molar-refractivity contribution in [2.24, 2.45) is 0 Å². The van der Waals surface area contributed by atoms with Crippen molar-refractivity contribution < 1.29 is 4.42 Å². The van der Waals surface area contributed by atoms with Crippen LogP contribution in [-0.2, 0) is 0 Å². The highest BCUT2D eigenvalue weighted by Gasteiger charge is 2.16. The summed E-state index contributed by atoms with van der Waals surface area (Å²) in [6.45, 7) is 0. The van der Waals surface area contributed by atoms with E-state index < -0.39 is 0 Å². The maximum absolute atomic E-state index is 6.24. The molecule has 6 rings (SSSR count). The van der Waals surface area contributed by atoms with Crippen LogP contribution in [0.4, 0.5) is 0 Å². The smallest absolute Gasteiger partial charge is 0.163 e. The van der Waals surface area contributed by atoms with Gasteiger partial charge in [0, 0.05) is 34.7 Å². The molecule has 0 atom stereocenters. The van der Waals surface area contributed by atoms with Crippen molar-refractivity contribution in [2.75, 3.05) is 0 Å². The fraction of sp³-hybridized carbons (Fsp3) is 0. The first-order chi connectivity index (χ1) is 11.9. The lowest BCUT2D eigenvalue weighted by Gasteiger charge is -2.07. The molecule has 2 aromatic carbocycles. The van der Waals surface area contributed by atoms with E-state index in [0.29, 0.717) is 0 Å². The van der Waals surface area contributed by atoms with E-state index in [-0.39, 0.29) is 0 Å². The van der Waals surface area contributed by atoms with Crippen LogP contribution < -0.4 is 0 Å². The maximum atomic E-state index is 6.24. The van der Waals surface area contributed by atoms with Crippen molar-refractivity contribution in [3.05, 3.63) is 67.1 Å². The van der Waals surface area contributed by atoms with Gasteiger partial charge in [-0.25, -0.2) is 4.98 Å². The molecule has 4 heterocycles. The summed E-state index contributed by atoms with van der Waals surface area (Å²) in [5.41, 5.74) is 4.65. The minimum absolute atomic E-state index is 0.869. The van der Waals surface area contributed by atoms with Crippen molar-refractivity contribution in [1.82, 2.24) is 14.4 Å². The van der Waals surface area contributed by atoms with E-state index in [4.69, 9.17) is 4.42 Å². The van der Waals surface area contributed by atoms with Crippen LogP contribution in [0.1, 0.15) is 0 Å². The van der Waals surface area contributed by atoms with E-state index in [0.717, 1.165) is 49.4 Å². The topological polar surface area (TPSA) is 43.3 Å². The molecule has 6 aromatic rings. The van der Waals surface area contributed by atoms with Gasteiger partial charge in [-0.1, -0.05) is 24.3 Å². The van der Waals surface area contributed by atoms with Gasteiger partial charge in [-0.05, 0) is 24.3 Å². The van der Waals surface area contributed by atoms with Gasteiger partial charge >= 0.3 is 0 Å². The van der Waals surface area contributed by atoms with Crippen LogP contribution in [0.25, 0.3) is 49.4 Å². The average Bonchev–Trinajstić information content (AvgIpc) is 3.26. The molecule has 0 N–H and O–H groups in total. The molecule has 0 unspecified atom stereocenters. The molecule has 0 radical (unpaired) electrons. The molecule has 4 aromatic heterocycles. The number of hydrogen-bond acceptors (Lipinski definition) is 3. The number of para-hydroxylation sites is 1. The van der Waals surface area contributed by atoms with Crippen molar-refractivity contribution in [2.45, 2.75) is 0 Å². The van der Waals surface area contributed by atoms with E-state index in [1.54, 1.807) is 0 Å². The summed E-state index contributed by atoms with van der Waals surface area (Å²) in [6, 6.07) is 16.5. The molecule has 0 bridgehead atoms. The molecule has 0 spiro atoms. The second kappa shape index (κ2) is 4.11. The van der Waals surface area contributed by atoms with Crippen LogP contribution >= 0.6 is 0 Å². The van der Waals surface area contributed by atoms with Crippen LogP contribution in [0.3, 0.4) is 0 Å². The lowest BCUT2D eigenvalue weighted by atomic mass is 10.1. The molecular formula is C20H11N3O. The minimum atomic E-state index is 0.869. The summed E-state index contributed by atoms with van der Waals surface area (Å²) in [5.74, 6) is 0.